The average Bonchev–Trinajstić information content (AvgIpc) is 2.37. The molecule has 0 aromatic rings. The molecule has 0 aromatic carbocycles. The Balaban J connectivity index is 3.09. The predicted molar refractivity (Wildman–Crippen MR) is 76.6 cm³/mol. The van der Waals surface area contributed by atoms with Crippen molar-refractivity contribution in [1.29, 1.82) is 0 Å². The molecule has 1 fully saturated rings. The van der Waals surface area contributed by atoms with Crippen LogP contribution in [0, 0.1) is 11.8 Å². The van der Waals surface area contributed by atoms with Crippen molar-refractivity contribution in [3.05, 3.63) is 0 Å². The summed E-state index contributed by atoms with van der Waals surface area (Å²) in [5, 5.41) is 2.93. The lowest BCUT2D eigenvalue weighted by molar-refractivity contribution is -0.159. The third-order valence-electron chi connectivity index (χ3n) is 4.35. The summed E-state index contributed by atoms with van der Waals surface area (Å²) in [4.78, 5) is 26.9. The third-order valence-corrected chi connectivity index (χ3v) is 4.35. The fourth-order valence-electron chi connectivity index (χ4n) is 2.52. The van der Waals surface area contributed by atoms with Crippen LogP contribution in [-0.4, -0.2) is 34.8 Å². The average molecular weight is 268 g/mol. The molecule has 0 aromatic heterocycles. The molecule has 3 atom stereocenters. The molecule has 0 bridgehead atoms. The largest absolute Gasteiger partial charge is 0.342 e. The number of amides is 2. The van der Waals surface area contributed by atoms with Crippen molar-refractivity contribution in [2.45, 2.75) is 66.0 Å². The first-order valence-electron chi connectivity index (χ1n) is 7.40. The zero-order valence-electron chi connectivity index (χ0n) is 13.1. The first-order chi connectivity index (χ1) is 8.77. The minimum Gasteiger partial charge on any atom is -0.342 e. The summed E-state index contributed by atoms with van der Waals surface area (Å²) in [5.41, 5.74) is -0.703. The zero-order chi connectivity index (χ0) is 14.8. The first kappa shape index (κ1) is 16.0. The zero-order valence-corrected chi connectivity index (χ0v) is 13.1. The minimum atomic E-state index is -0.703. The van der Waals surface area contributed by atoms with Gasteiger partial charge in [-0.15, -0.1) is 0 Å². The van der Waals surface area contributed by atoms with Crippen LogP contribution in [0.25, 0.3) is 0 Å². The topological polar surface area (TPSA) is 49.4 Å². The van der Waals surface area contributed by atoms with Crippen LogP contribution in [0.4, 0.5) is 0 Å². The predicted octanol–water partition coefficient (Wildman–Crippen LogP) is 2.18. The second-order valence-corrected chi connectivity index (χ2v) is 6.31. The summed E-state index contributed by atoms with van der Waals surface area (Å²) in [6, 6.07) is -0.365. The maximum atomic E-state index is 12.7. The van der Waals surface area contributed by atoms with E-state index in [-0.39, 0.29) is 23.8 Å². The summed E-state index contributed by atoms with van der Waals surface area (Å²) in [5.74, 6) is 0.596. The molecule has 1 rings (SSSR count). The van der Waals surface area contributed by atoms with E-state index < -0.39 is 5.54 Å². The lowest BCUT2D eigenvalue weighted by atomic mass is 9.86. The molecular weight excluding hydrogens is 240 g/mol. The fraction of sp³-hybridized carbons (Fsp3) is 0.867. The molecule has 110 valence electrons. The fourth-order valence-corrected chi connectivity index (χ4v) is 2.52. The van der Waals surface area contributed by atoms with E-state index in [1.807, 2.05) is 27.7 Å². The van der Waals surface area contributed by atoms with Gasteiger partial charge in [0, 0.05) is 6.54 Å². The molecule has 3 unspecified atom stereocenters. The van der Waals surface area contributed by atoms with Crippen LogP contribution in [0.3, 0.4) is 0 Å². The van der Waals surface area contributed by atoms with Gasteiger partial charge < -0.3 is 10.2 Å². The molecule has 0 spiro atoms. The number of piperazine rings is 1. The number of carbonyl (C=O) groups is 2. The Kier molecular flexibility index (Phi) is 4.99. The lowest BCUT2D eigenvalue weighted by Gasteiger charge is -2.47. The summed E-state index contributed by atoms with van der Waals surface area (Å²) >= 11 is 0. The van der Waals surface area contributed by atoms with Crippen LogP contribution in [-0.2, 0) is 9.59 Å². The highest BCUT2D eigenvalue weighted by Crippen LogP contribution is 2.28. The second-order valence-electron chi connectivity index (χ2n) is 6.31. The summed E-state index contributed by atoms with van der Waals surface area (Å²) in [6.45, 7) is 12.7. The summed E-state index contributed by atoms with van der Waals surface area (Å²) < 4.78 is 0. The van der Waals surface area contributed by atoms with Crippen molar-refractivity contribution in [3.63, 3.8) is 0 Å². The molecule has 4 heteroatoms. The Morgan fingerprint density at radius 1 is 1.26 bits per heavy atom. The standard InChI is InChI=1S/C15H28N2O2/c1-7-11(5)12-13(18)17(9-10(3)4)15(6,8-2)14(19)16-12/h10-12H,7-9H2,1-6H3,(H,16,19). The molecule has 4 nitrogen and oxygen atoms in total. The monoisotopic (exact) mass is 268 g/mol. The molecular formula is C15H28N2O2. The van der Waals surface area contributed by atoms with Crippen molar-refractivity contribution < 1.29 is 9.59 Å². The third kappa shape index (κ3) is 2.93. The van der Waals surface area contributed by atoms with Crippen LogP contribution in [0.5, 0.6) is 0 Å². The van der Waals surface area contributed by atoms with Gasteiger partial charge in [0.15, 0.2) is 0 Å². The van der Waals surface area contributed by atoms with Gasteiger partial charge in [-0.2, -0.15) is 0 Å². The summed E-state index contributed by atoms with van der Waals surface area (Å²) in [6.07, 6.45) is 1.53. The van der Waals surface area contributed by atoms with Gasteiger partial charge in [0.1, 0.15) is 11.6 Å². The van der Waals surface area contributed by atoms with E-state index in [9.17, 15) is 9.59 Å². The highest BCUT2D eigenvalue weighted by molar-refractivity contribution is 5.99. The Bertz CT molecular complexity index is 354. The highest BCUT2D eigenvalue weighted by Gasteiger charge is 2.49. The van der Waals surface area contributed by atoms with E-state index in [4.69, 9.17) is 0 Å². The molecule has 1 heterocycles. The Hall–Kier alpha value is -1.06. The number of nitrogens with zero attached hydrogens (tertiary/aromatic N) is 1. The van der Waals surface area contributed by atoms with Crippen molar-refractivity contribution in [1.82, 2.24) is 10.2 Å². The second kappa shape index (κ2) is 5.93. The number of rotatable bonds is 5. The molecule has 0 saturated carbocycles. The normalized spacial score (nSPS) is 29.6. The van der Waals surface area contributed by atoms with E-state index in [1.54, 1.807) is 4.90 Å². The van der Waals surface area contributed by atoms with Crippen molar-refractivity contribution >= 4 is 11.8 Å². The number of hydrogen-bond donors (Lipinski definition) is 1. The van der Waals surface area contributed by atoms with Gasteiger partial charge in [0.05, 0.1) is 0 Å². The van der Waals surface area contributed by atoms with Crippen LogP contribution in [0.1, 0.15) is 54.4 Å². The molecule has 1 saturated heterocycles. The molecule has 19 heavy (non-hydrogen) atoms. The van der Waals surface area contributed by atoms with Crippen LogP contribution < -0.4 is 5.32 Å². The van der Waals surface area contributed by atoms with Gasteiger partial charge in [-0.25, -0.2) is 0 Å². The van der Waals surface area contributed by atoms with Crippen LogP contribution >= 0.6 is 0 Å². The molecule has 1 aliphatic heterocycles. The van der Waals surface area contributed by atoms with E-state index in [0.29, 0.717) is 18.9 Å². The van der Waals surface area contributed by atoms with Gasteiger partial charge >= 0.3 is 0 Å². The molecule has 1 aliphatic rings. The van der Waals surface area contributed by atoms with Gasteiger partial charge in [0.2, 0.25) is 11.8 Å². The van der Waals surface area contributed by atoms with Gasteiger partial charge in [-0.05, 0) is 25.2 Å². The van der Waals surface area contributed by atoms with Crippen molar-refractivity contribution in [3.8, 4) is 0 Å². The van der Waals surface area contributed by atoms with E-state index >= 15 is 0 Å². The smallest absolute Gasteiger partial charge is 0.246 e. The van der Waals surface area contributed by atoms with Gasteiger partial charge in [-0.1, -0.05) is 41.0 Å². The SMILES string of the molecule is CCC(C)C1NC(=O)C(C)(CC)N(CC(C)C)C1=O. The maximum absolute atomic E-state index is 12.7. The minimum absolute atomic E-state index is 0.0134. The number of carbonyl (C=O) groups excluding carboxylic acids is 2. The van der Waals surface area contributed by atoms with E-state index in [2.05, 4.69) is 19.2 Å². The van der Waals surface area contributed by atoms with Gasteiger partial charge in [-0.3, -0.25) is 9.59 Å². The first-order valence-corrected chi connectivity index (χ1v) is 7.40. The highest BCUT2D eigenvalue weighted by atomic mass is 16.2. The van der Waals surface area contributed by atoms with E-state index in [1.165, 1.54) is 0 Å². The molecule has 1 N–H and O–H groups in total. The number of nitrogens with one attached hydrogen (secondary N) is 1. The molecule has 0 aliphatic carbocycles. The van der Waals surface area contributed by atoms with Crippen molar-refractivity contribution in [2.75, 3.05) is 6.54 Å². The molecule has 0 radical (unpaired) electrons. The maximum Gasteiger partial charge on any atom is 0.246 e. The van der Waals surface area contributed by atoms with Gasteiger partial charge in [0.25, 0.3) is 0 Å². The Morgan fingerprint density at radius 3 is 2.26 bits per heavy atom. The Morgan fingerprint density at radius 2 is 1.84 bits per heavy atom. The quantitative estimate of drug-likeness (QED) is 0.831. The lowest BCUT2D eigenvalue weighted by Crippen LogP contribution is -2.70. The van der Waals surface area contributed by atoms with E-state index in [0.717, 1.165) is 6.42 Å². The van der Waals surface area contributed by atoms with Crippen LogP contribution in [0.15, 0.2) is 0 Å². The molecule has 2 amide bonds. The van der Waals surface area contributed by atoms with Crippen molar-refractivity contribution in [2.24, 2.45) is 11.8 Å². The van der Waals surface area contributed by atoms with Crippen LogP contribution in [0.2, 0.25) is 0 Å². The number of hydrogen-bond acceptors (Lipinski definition) is 2. The Labute approximate surface area is 116 Å². The summed E-state index contributed by atoms with van der Waals surface area (Å²) in [7, 11) is 0.